The van der Waals surface area contributed by atoms with Gasteiger partial charge in [-0.25, -0.2) is 13.4 Å². The van der Waals surface area contributed by atoms with Gasteiger partial charge in [0.2, 0.25) is 0 Å². The van der Waals surface area contributed by atoms with E-state index in [0.29, 0.717) is 17.4 Å². The van der Waals surface area contributed by atoms with E-state index in [4.69, 9.17) is 0 Å². The van der Waals surface area contributed by atoms with E-state index < -0.39 is 9.84 Å². The molecule has 2 aromatic rings. The van der Waals surface area contributed by atoms with E-state index in [0.717, 1.165) is 35.5 Å². The molecule has 5 heteroatoms. The summed E-state index contributed by atoms with van der Waals surface area (Å²) in [6.07, 6.45) is 2.75. The lowest BCUT2D eigenvalue weighted by Gasteiger charge is -2.08. The zero-order valence-electron chi connectivity index (χ0n) is 13.0. The van der Waals surface area contributed by atoms with Gasteiger partial charge in [0.25, 0.3) is 0 Å². The minimum atomic E-state index is -2.75. The van der Waals surface area contributed by atoms with Gasteiger partial charge in [0, 0.05) is 10.4 Å². The minimum Gasteiger partial charge on any atom is -0.241 e. The Labute approximate surface area is 136 Å². The second-order valence-electron chi connectivity index (χ2n) is 6.14. The van der Waals surface area contributed by atoms with Crippen molar-refractivity contribution in [3.05, 3.63) is 39.7 Å². The number of nitrogens with zero attached hydrogens (tertiary/aromatic N) is 1. The van der Waals surface area contributed by atoms with Crippen LogP contribution in [-0.2, 0) is 16.3 Å². The molecule has 2 heterocycles. The topological polar surface area (TPSA) is 47.0 Å². The van der Waals surface area contributed by atoms with Crippen LogP contribution in [-0.4, -0.2) is 24.9 Å². The van der Waals surface area contributed by atoms with Crippen LogP contribution in [0, 0.1) is 19.8 Å². The van der Waals surface area contributed by atoms with Gasteiger partial charge in [-0.15, -0.1) is 11.3 Å². The number of hydrogen-bond acceptors (Lipinski definition) is 4. The van der Waals surface area contributed by atoms with Crippen molar-refractivity contribution in [3.8, 4) is 11.3 Å². The van der Waals surface area contributed by atoms with Crippen LogP contribution in [0.5, 0.6) is 0 Å². The van der Waals surface area contributed by atoms with Crippen molar-refractivity contribution < 1.29 is 8.42 Å². The molecule has 0 radical (unpaired) electrons. The van der Waals surface area contributed by atoms with E-state index in [-0.39, 0.29) is 0 Å². The van der Waals surface area contributed by atoms with Crippen LogP contribution in [0.4, 0.5) is 0 Å². The van der Waals surface area contributed by atoms with Crippen molar-refractivity contribution in [2.24, 2.45) is 5.92 Å². The molecule has 1 aliphatic heterocycles. The van der Waals surface area contributed by atoms with Gasteiger partial charge in [0.05, 0.1) is 22.2 Å². The van der Waals surface area contributed by atoms with E-state index in [1.54, 1.807) is 11.3 Å². The fraction of sp³-hybridized carbons (Fsp3) is 0.471. The van der Waals surface area contributed by atoms with Crippen molar-refractivity contribution in [2.45, 2.75) is 33.1 Å². The standard InChI is InChI=1S/C17H21NO2S2/c1-12-17(18-13(2)21-12)16-7-5-14(6-8-16)3-4-15-9-10-22(19,20)11-15/h5-8,15H,3-4,9-11H2,1-2H3. The summed E-state index contributed by atoms with van der Waals surface area (Å²) in [4.78, 5) is 5.84. The molecule has 1 aromatic carbocycles. The normalized spacial score (nSPS) is 20.4. The number of hydrogen-bond donors (Lipinski definition) is 0. The molecule has 3 nitrogen and oxygen atoms in total. The fourth-order valence-electron chi connectivity index (χ4n) is 3.10. The number of rotatable bonds is 4. The van der Waals surface area contributed by atoms with E-state index in [1.807, 2.05) is 6.92 Å². The molecule has 0 amide bonds. The van der Waals surface area contributed by atoms with Gasteiger partial charge >= 0.3 is 0 Å². The molecule has 1 aliphatic rings. The average molecular weight is 335 g/mol. The number of benzene rings is 1. The predicted molar refractivity (Wildman–Crippen MR) is 92.1 cm³/mol. The molecule has 0 spiro atoms. The van der Waals surface area contributed by atoms with Gasteiger partial charge < -0.3 is 0 Å². The summed E-state index contributed by atoms with van der Waals surface area (Å²) < 4.78 is 23.0. The van der Waals surface area contributed by atoms with Crippen LogP contribution in [0.25, 0.3) is 11.3 Å². The van der Waals surface area contributed by atoms with Crippen molar-refractivity contribution in [2.75, 3.05) is 11.5 Å². The average Bonchev–Trinajstić information content (AvgIpc) is 2.99. The molecular weight excluding hydrogens is 314 g/mol. The van der Waals surface area contributed by atoms with E-state index in [2.05, 4.69) is 36.2 Å². The third kappa shape index (κ3) is 3.58. The van der Waals surface area contributed by atoms with Crippen molar-refractivity contribution in [3.63, 3.8) is 0 Å². The molecule has 1 aromatic heterocycles. The summed E-state index contributed by atoms with van der Waals surface area (Å²) in [7, 11) is -2.75. The van der Waals surface area contributed by atoms with Gasteiger partial charge in [-0.2, -0.15) is 0 Å². The third-order valence-corrected chi connectivity index (χ3v) is 7.02. The van der Waals surface area contributed by atoms with Gasteiger partial charge in [0.1, 0.15) is 0 Å². The first kappa shape index (κ1) is 15.7. The second-order valence-corrected chi connectivity index (χ2v) is 9.78. The van der Waals surface area contributed by atoms with Gasteiger partial charge in [0.15, 0.2) is 9.84 Å². The largest absolute Gasteiger partial charge is 0.241 e. The summed E-state index contributed by atoms with van der Waals surface area (Å²) in [6, 6.07) is 8.55. The molecule has 1 unspecified atom stereocenters. The molecule has 3 rings (SSSR count). The predicted octanol–water partition coefficient (Wildman–Crippen LogP) is 3.79. The van der Waals surface area contributed by atoms with Crippen molar-refractivity contribution in [1.29, 1.82) is 0 Å². The number of aromatic nitrogens is 1. The van der Waals surface area contributed by atoms with E-state index in [1.165, 1.54) is 10.4 Å². The Morgan fingerprint density at radius 2 is 1.95 bits per heavy atom. The number of sulfone groups is 1. The maximum Gasteiger partial charge on any atom is 0.150 e. The van der Waals surface area contributed by atoms with Gasteiger partial charge in [-0.1, -0.05) is 24.3 Å². The molecule has 0 N–H and O–H groups in total. The monoisotopic (exact) mass is 335 g/mol. The molecule has 1 saturated heterocycles. The summed E-state index contributed by atoms with van der Waals surface area (Å²) in [5, 5.41) is 1.10. The molecular formula is C17H21NO2S2. The number of thiazole rings is 1. The summed E-state index contributed by atoms with van der Waals surface area (Å²) in [5.74, 6) is 1.09. The van der Waals surface area contributed by atoms with Gasteiger partial charge in [-0.05, 0) is 44.6 Å². The lowest BCUT2D eigenvalue weighted by Crippen LogP contribution is -2.05. The van der Waals surface area contributed by atoms with E-state index >= 15 is 0 Å². The lowest BCUT2D eigenvalue weighted by molar-refractivity contribution is 0.542. The quantitative estimate of drug-likeness (QED) is 0.854. The maximum absolute atomic E-state index is 11.5. The van der Waals surface area contributed by atoms with Crippen LogP contribution in [0.2, 0.25) is 0 Å². The minimum absolute atomic E-state index is 0.341. The first-order chi connectivity index (χ1) is 10.4. The molecule has 1 fully saturated rings. The SMILES string of the molecule is Cc1nc(-c2ccc(CCC3CCS(=O)(=O)C3)cc2)c(C)s1. The summed E-state index contributed by atoms with van der Waals surface area (Å²) in [5.41, 5.74) is 3.52. The Morgan fingerprint density at radius 1 is 1.23 bits per heavy atom. The summed E-state index contributed by atoms with van der Waals surface area (Å²) >= 11 is 1.73. The second kappa shape index (κ2) is 6.13. The Hall–Kier alpha value is -1.20. The zero-order chi connectivity index (χ0) is 15.7. The maximum atomic E-state index is 11.5. The van der Waals surface area contributed by atoms with Crippen LogP contribution >= 0.6 is 11.3 Å². The first-order valence-corrected chi connectivity index (χ1v) is 10.3. The van der Waals surface area contributed by atoms with Crippen LogP contribution < -0.4 is 0 Å². The lowest BCUT2D eigenvalue weighted by atomic mass is 9.98. The Kier molecular flexibility index (Phi) is 4.37. The van der Waals surface area contributed by atoms with Gasteiger partial charge in [-0.3, -0.25) is 0 Å². The molecule has 0 aliphatic carbocycles. The third-order valence-electron chi connectivity index (χ3n) is 4.30. The highest BCUT2D eigenvalue weighted by atomic mass is 32.2. The first-order valence-electron chi connectivity index (χ1n) is 7.67. The molecule has 0 saturated carbocycles. The number of aryl methyl sites for hydroxylation is 3. The highest BCUT2D eigenvalue weighted by Gasteiger charge is 2.27. The highest BCUT2D eigenvalue weighted by molar-refractivity contribution is 7.91. The smallest absolute Gasteiger partial charge is 0.150 e. The highest BCUT2D eigenvalue weighted by Crippen LogP contribution is 2.28. The van der Waals surface area contributed by atoms with Crippen molar-refractivity contribution in [1.82, 2.24) is 4.98 Å². The zero-order valence-corrected chi connectivity index (χ0v) is 14.6. The molecule has 1 atom stereocenters. The van der Waals surface area contributed by atoms with Crippen LogP contribution in [0.1, 0.15) is 28.3 Å². The Bertz CT molecular complexity index is 760. The molecule has 22 heavy (non-hydrogen) atoms. The van der Waals surface area contributed by atoms with E-state index in [9.17, 15) is 8.42 Å². The van der Waals surface area contributed by atoms with Crippen LogP contribution in [0.15, 0.2) is 24.3 Å². The fourth-order valence-corrected chi connectivity index (χ4v) is 5.85. The Morgan fingerprint density at radius 3 is 2.50 bits per heavy atom. The molecule has 118 valence electrons. The molecule has 0 bridgehead atoms. The van der Waals surface area contributed by atoms with Crippen LogP contribution in [0.3, 0.4) is 0 Å². The Balaban J connectivity index is 1.64. The van der Waals surface area contributed by atoms with Crippen molar-refractivity contribution >= 4 is 21.2 Å². The summed E-state index contributed by atoms with van der Waals surface area (Å²) in [6.45, 7) is 4.14.